The quantitative estimate of drug-likeness (QED) is 0.833. The summed E-state index contributed by atoms with van der Waals surface area (Å²) in [5.41, 5.74) is 3.46. The molecule has 2 aromatic rings. The van der Waals surface area contributed by atoms with Crippen molar-refractivity contribution in [3.05, 3.63) is 53.6 Å². The monoisotopic (exact) mass is 312 g/mol. The van der Waals surface area contributed by atoms with Crippen LogP contribution in [0.15, 0.2) is 42.5 Å². The Balaban J connectivity index is 1.94. The summed E-state index contributed by atoms with van der Waals surface area (Å²) in [6.07, 6.45) is -0.259. The summed E-state index contributed by atoms with van der Waals surface area (Å²) in [5.74, 6) is -0.202. The number of hydrogen-bond donors (Lipinski definition) is 2. The molecule has 0 spiro atoms. The van der Waals surface area contributed by atoms with Crippen LogP contribution in [0.3, 0.4) is 0 Å². The Labute approximate surface area is 135 Å². The van der Waals surface area contributed by atoms with E-state index in [1.807, 2.05) is 32.0 Å². The van der Waals surface area contributed by atoms with Crippen molar-refractivity contribution in [2.24, 2.45) is 0 Å². The summed E-state index contributed by atoms with van der Waals surface area (Å²) in [7, 11) is 1.53. The number of benzene rings is 2. The van der Waals surface area contributed by atoms with Gasteiger partial charge in [0.15, 0.2) is 0 Å². The molecular formula is C18H20N2O3. The molecule has 0 aromatic heterocycles. The largest absolute Gasteiger partial charge is 0.495 e. The van der Waals surface area contributed by atoms with Gasteiger partial charge in [0.1, 0.15) is 12.2 Å². The summed E-state index contributed by atoms with van der Waals surface area (Å²) in [6, 6.07) is 12.7. The van der Waals surface area contributed by atoms with Crippen molar-refractivity contribution in [1.82, 2.24) is 0 Å². The highest BCUT2D eigenvalue weighted by Gasteiger charge is 2.12. The summed E-state index contributed by atoms with van der Waals surface area (Å²) in [6.45, 7) is 3.97. The smallest absolute Gasteiger partial charge is 0.233 e. The Kier molecular flexibility index (Phi) is 5.36. The number of hydrogen-bond acceptors (Lipinski definition) is 3. The number of para-hydroxylation sites is 2. The zero-order valence-corrected chi connectivity index (χ0v) is 13.5. The maximum absolute atomic E-state index is 12.0. The molecule has 0 aliphatic heterocycles. The highest BCUT2D eigenvalue weighted by molar-refractivity contribution is 6.08. The van der Waals surface area contributed by atoms with Crippen molar-refractivity contribution in [1.29, 1.82) is 0 Å². The maximum Gasteiger partial charge on any atom is 0.233 e. The van der Waals surface area contributed by atoms with Crippen molar-refractivity contribution < 1.29 is 14.3 Å². The molecule has 2 amide bonds. The van der Waals surface area contributed by atoms with E-state index in [0.717, 1.165) is 11.1 Å². The van der Waals surface area contributed by atoms with Crippen LogP contribution in [0.1, 0.15) is 17.5 Å². The van der Waals surface area contributed by atoms with E-state index in [9.17, 15) is 9.59 Å². The molecule has 23 heavy (non-hydrogen) atoms. The Bertz CT molecular complexity index is 726. The standard InChI is InChI=1S/C18H20N2O3/c1-12-8-9-14(10-13(12)2)19-17(21)11-18(22)20-15-6-4-5-7-16(15)23-3/h4-10H,11H2,1-3H3,(H,19,21)(H,20,22). The van der Waals surface area contributed by atoms with Gasteiger partial charge in [0.05, 0.1) is 12.8 Å². The first-order chi connectivity index (χ1) is 11.0. The fourth-order valence-corrected chi connectivity index (χ4v) is 2.11. The average Bonchev–Trinajstić information content (AvgIpc) is 2.51. The van der Waals surface area contributed by atoms with Crippen molar-refractivity contribution in [2.75, 3.05) is 17.7 Å². The molecule has 5 nitrogen and oxygen atoms in total. The lowest BCUT2D eigenvalue weighted by atomic mass is 10.1. The lowest BCUT2D eigenvalue weighted by Crippen LogP contribution is -2.21. The van der Waals surface area contributed by atoms with Crippen LogP contribution in [-0.2, 0) is 9.59 Å². The van der Waals surface area contributed by atoms with E-state index in [1.165, 1.54) is 7.11 Å². The van der Waals surface area contributed by atoms with Gasteiger partial charge in [0, 0.05) is 5.69 Å². The fourth-order valence-electron chi connectivity index (χ4n) is 2.11. The number of anilines is 2. The summed E-state index contributed by atoms with van der Waals surface area (Å²) >= 11 is 0. The van der Waals surface area contributed by atoms with Crippen molar-refractivity contribution in [3.63, 3.8) is 0 Å². The first-order valence-corrected chi connectivity index (χ1v) is 7.29. The third-order valence-corrected chi connectivity index (χ3v) is 3.49. The second-order valence-electron chi connectivity index (χ2n) is 5.27. The van der Waals surface area contributed by atoms with Gasteiger partial charge in [-0.05, 0) is 49.2 Å². The normalized spacial score (nSPS) is 10.0. The van der Waals surface area contributed by atoms with Gasteiger partial charge in [-0.25, -0.2) is 0 Å². The number of carbonyl (C=O) groups is 2. The van der Waals surface area contributed by atoms with E-state index in [-0.39, 0.29) is 12.3 Å². The van der Waals surface area contributed by atoms with Gasteiger partial charge in [-0.2, -0.15) is 0 Å². The van der Waals surface area contributed by atoms with Crippen LogP contribution in [0.5, 0.6) is 5.75 Å². The van der Waals surface area contributed by atoms with Gasteiger partial charge in [-0.15, -0.1) is 0 Å². The van der Waals surface area contributed by atoms with Crippen LogP contribution in [0, 0.1) is 13.8 Å². The van der Waals surface area contributed by atoms with Gasteiger partial charge >= 0.3 is 0 Å². The number of ether oxygens (including phenoxy) is 1. The first kappa shape index (κ1) is 16.5. The van der Waals surface area contributed by atoms with Crippen molar-refractivity contribution >= 4 is 23.2 Å². The molecule has 0 aliphatic carbocycles. The minimum absolute atomic E-state index is 0.259. The number of rotatable bonds is 5. The Morgan fingerprint density at radius 2 is 1.65 bits per heavy atom. The Morgan fingerprint density at radius 1 is 0.957 bits per heavy atom. The Morgan fingerprint density at radius 3 is 2.35 bits per heavy atom. The zero-order valence-electron chi connectivity index (χ0n) is 13.5. The number of methoxy groups -OCH3 is 1. The third-order valence-electron chi connectivity index (χ3n) is 3.49. The molecule has 5 heteroatoms. The lowest BCUT2D eigenvalue weighted by molar-refractivity contribution is -0.123. The third kappa shape index (κ3) is 4.57. The van der Waals surface area contributed by atoms with Gasteiger partial charge in [0.25, 0.3) is 0 Å². The zero-order chi connectivity index (χ0) is 16.8. The number of amides is 2. The number of carbonyl (C=O) groups excluding carboxylic acids is 2. The molecule has 0 unspecified atom stereocenters. The predicted octanol–water partition coefficient (Wildman–Crippen LogP) is 3.28. The molecule has 0 saturated heterocycles. The van der Waals surface area contributed by atoms with Gasteiger partial charge < -0.3 is 15.4 Å². The Hall–Kier alpha value is -2.82. The van der Waals surface area contributed by atoms with E-state index in [0.29, 0.717) is 17.1 Å². The minimum atomic E-state index is -0.393. The van der Waals surface area contributed by atoms with Crippen LogP contribution in [0.4, 0.5) is 11.4 Å². The second kappa shape index (κ2) is 7.45. The van der Waals surface area contributed by atoms with Gasteiger partial charge in [0.2, 0.25) is 11.8 Å². The predicted molar refractivity (Wildman–Crippen MR) is 90.8 cm³/mol. The summed E-state index contributed by atoms with van der Waals surface area (Å²) < 4.78 is 5.16. The molecule has 0 aliphatic rings. The van der Waals surface area contributed by atoms with Crippen LogP contribution in [0.25, 0.3) is 0 Å². The number of nitrogens with one attached hydrogen (secondary N) is 2. The van der Waals surface area contributed by atoms with Crippen molar-refractivity contribution in [2.45, 2.75) is 20.3 Å². The summed E-state index contributed by atoms with van der Waals surface area (Å²) in [4.78, 5) is 23.9. The molecule has 0 radical (unpaired) electrons. The molecule has 120 valence electrons. The highest BCUT2D eigenvalue weighted by Crippen LogP contribution is 2.23. The van der Waals surface area contributed by atoms with Crippen LogP contribution in [0.2, 0.25) is 0 Å². The lowest BCUT2D eigenvalue weighted by Gasteiger charge is -2.10. The molecule has 2 aromatic carbocycles. The van der Waals surface area contributed by atoms with E-state index in [1.54, 1.807) is 24.3 Å². The van der Waals surface area contributed by atoms with Gasteiger partial charge in [-0.3, -0.25) is 9.59 Å². The van der Waals surface area contributed by atoms with E-state index in [4.69, 9.17) is 4.74 Å². The molecule has 0 heterocycles. The summed E-state index contributed by atoms with van der Waals surface area (Å²) in [5, 5.41) is 5.40. The van der Waals surface area contributed by atoms with Crippen LogP contribution >= 0.6 is 0 Å². The SMILES string of the molecule is COc1ccccc1NC(=O)CC(=O)Nc1ccc(C)c(C)c1. The number of aryl methyl sites for hydroxylation is 2. The first-order valence-electron chi connectivity index (χ1n) is 7.29. The molecular weight excluding hydrogens is 292 g/mol. The second-order valence-corrected chi connectivity index (χ2v) is 5.27. The topological polar surface area (TPSA) is 67.4 Å². The molecule has 0 atom stereocenters. The molecule has 2 rings (SSSR count). The van der Waals surface area contributed by atoms with E-state index < -0.39 is 5.91 Å². The van der Waals surface area contributed by atoms with Crippen LogP contribution in [-0.4, -0.2) is 18.9 Å². The fraction of sp³-hybridized carbons (Fsp3) is 0.222. The van der Waals surface area contributed by atoms with Crippen LogP contribution < -0.4 is 15.4 Å². The average molecular weight is 312 g/mol. The highest BCUT2D eigenvalue weighted by atomic mass is 16.5. The van der Waals surface area contributed by atoms with Crippen molar-refractivity contribution in [3.8, 4) is 5.75 Å². The molecule has 0 bridgehead atoms. The van der Waals surface area contributed by atoms with E-state index >= 15 is 0 Å². The molecule has 0 fully saturated rings. The molecule has 2 N–H and O–H groups in total. The van der Waals surface area contributed by atoms with Gasteiger partial charge in [-0.1, -0.05) is 18.2 Å². The minimum Gasteiger partial charge on any atom is -0.495 e. The molecule has 0 saturated carbocycles. The van der Waals surface area contributed by atoms with E-state index in [2.05, 4.69) is 10.6 Å². The maximum atomic E-state index is 12.0.